The summed E-state index contributed by atoms with van der Waals surface area (Å²) in [7, 11) is 3.66. The molecule has 0 bridgehead atoms. The summed E-state index contributed by atoms with van der Waals surface area (Å²) in [6, 6.07) is 0. The van der Waals surface area contributed by atoms with Crippen molar-refractivity contribution in [3.05, 3.63) is 0 Å². The molecular weight excluding hydrogens is 296 g/mol. The summed E-state index contributed by atoms with van der Waals surface area (Å²) >= 11 is 0. The normalized spacial score (nSPS) is 13.9. The maximum atomic E-state index is 10.6. The van der Waals surface area contributed by atoms with Crippen molar-refractivity contribution >= 4 is 33.5 Å². The highest BCUT2D eigenvalue weighted by Crippen LogP contribution is 2.25. The van der Waals surface area contributed by atoms with Crippen molar-refractivity contribution in [1.29, 1.82) is 0 Å². The molecule has 0 saturated carbocycles. The topological polar surface area (TPSA) is 74.6 Å². The predicted octanol–water partition coefficient (Wildman–Crippen LogP) is 4.15. The summed E-state index contributed by atoms with van der Waals surface area (Å²) in [4.78, 5) is 21.2. The fraction of sp³-hybridized carbons (Fsp3) is 0.857. The number of carbonyl (C=O) groups is 2. The average molecular weight is 322 g/mol. The van der Waals surface area contributed by atoms with Gasteiger partial charge in [0.25, 0.3) is 0 Å². The predicted molar refractivity (Wildman–Crippen MR) is 86.2 cm³/mol. The van der Waals surface area contributed by atoms with Gasteiger partial charge in [0.1, 0.15) is 0 Å². The van der Waals surface area contributed by atoms with Gasteiger partial charge in [-0.15, -0.1) is 0 Å². The minimum Gasteiger partial charge on any atom is -0.481 e. The molecule has 0 amide bonds. The van der Waals surface area contributed by atoms with E-state index < -0.39 is 11.9 Å². The van der Waals surface area contributed by atoms with Gasteiger partial charge in [0.2, 0.25) is 0 Å². The van der Waals surface area contributed by atoms with E-state index in [4.69, 9.17) is 10.2 Å². The summed E-state index contributed by atoms with van der Waals surface area (Å²) in [5, 5.41) is 17.5. The largest absolute Gasteiger partial charge is 0.481 e. The Balaban J connectivity index is 3.21. The lowest BCUT2D eigenvalue weighted by Gasteiger charge is -2.06. The van der Waals surface area contributed by atoms with Crippen LogP contribution in [0.3, 0.4) is 0 Å². The monoisotopic (exact) mass is 322 g/mol. The molecule has 0 heterocycles. The molecule has 6 heteroatoms. The molecule has 0 aromatic carbocycles. The van der Waals surface area contributed by atoms with Crippen molar-refractivity contribution in [2.24, 2.45) is 11.8 Å². The Morgan fingerprint density at radius 2 is 1.15 bits per heavy atom. The summed E-state index contributed by atoms with van der Waals surface area (Å²) in [6.07, 6.45) is 5.58. The van der Waals surface area contributed by atoms with Crippen LogP contribution in [0.5, 0.6) is 0 Å². The number of hydrogen-bond donors (Lipinski definition) is 2. The molecule has 118 valence electrons. The molecule has 0 aromatic heterocycles. The third-order valence-corrected chi connectivity index (χ3v) is 5.73. The second-order valence-electron chi connectivity index (χ2n) is 5.11. The molecule has 0 aliphatic heterocycles. The fourth-order valence-corrected chi connectivity index (χ4v) is 3.88. The van der Waals surface area contributed by atoms with Crippen LogP contribution in [-0.4, -0.2) is 33.7 Å². The lowest BCUT2D eigenvalue weighted by atomic mass is 10.1. The van der Waals surface area contributed by atoms with Gasteiger partial charge in [-0.3, -0.25) is 9.59 Å². The molecule has 0 spiro atoms. The zero-order valence-corrected chi connectivity index (χ0v) is 14.0. The fourth-order valence-electron chi connectivity index (χ4n) is 1.59. The van der Waals surface area contributed by atoms with Crippen LogP contribution in [-0.2, 0) is 9.59 Å². The van der Waals surface area contributed by atoms with Crippen LogP contribution in [0.4, 0.5) is 0 Å². The maximum absolute atomic E-state index is 10.6. The van der Waals surface area contributed by atoms with Crippen molar-refractivity contribution < 1.29 is 19.8 Å². The Kier molecular flexibility index (Phi) is 12.2. The van der Waals surface area contributed by atoms with Crippen LogP contribution in [0.1, 0.15) is 52.4 Å². The first-order valence-electron chi connectivity index (χ1n) is 7.15. The van der Waals surface area contributed by atoms with Gasteiger partial charge in [0, 0.05) is 11.5 Å². The van der Waals surface area contributed by atoms with Gasteiger partial charge in [0.05, 0.1) is 11.8 Å². The van der Waals surface area contributed by atoms with E-state index in [1.165, 1.54) is 0 Å². The molecule has 0 rings (SSSR count). The van der Waals surface area contributed by atoms with E-state index >= 15 is 0 Å². The Bertz CT molecular complexity index is 256. The summed E-state index contributed by atoms with van der Waals surface area (Å²) in [5.74, 6) is 0.239. The Morgan fingerprint density at radius 1 is 0.800 bits per heavy atom. The van der Waals surface area contributed by atoms with Crippen molar-refractivity contribution in [3.8, 4) is 0 Å². The van der Waals surface area contributed by atoms with Crippen LogP contribution in [0.25, 0.3) is 0 Å². The van der Waals surface area contributed by atoms with Gasteiger partial charge in [-0.2, -0.15) is 0 Å². The van der Waals surface area contributed by atoms with Gasteiger partial charge < -0.3 is 10.2 Å². The van der Waals surface area contributed by atoms with Crippen molar-refractivity contribution in [2.75, 3.05) is 11.5 Å². The first kappa shape index (κ1) is 19.6. The van der Waals surface area contributed by atoms with Crippen molar-refractivity contribution in [1.82, 2.24) is 0 Å². The molecule has 2 unspecified atom stereocenters. The Morgan fingerprint density at radius 3 is 1.45 bits per heavy atom. The smallest absolute Gasteiger partial charge is 0.306 e. The quantitative estimate of drug-likeness (QED) is 0.392. The second kappa shape index (κ2) is 12.4. The first-order valence-corrected chi connectivity index (χ1v) is 9.64. The Hall–Kier alpha value is -0.360. The van der Waals surface area contributed by atoms with Gasteiger partial charge in [-0.05, 0) is 25.7 Å². The number of aliphatic carboxylic acids is 2. The highest BCUT2D eigenvalue weighted by atomic mass is 33.1. The standard InChI is InChI=1S/C14H26O4S2/c1-11(13(15)16)7-3-5-9-19-20-10-6-4-8-12(2)14(17)18/h11-12H,3-10H2,1-2H3,(H,15,16)(H,17,18). The third-order valence-electron chi connectivity index (χ3n) is 3.16. The zero-order valence-electron chi connectivity index (χ0n) is 12.3. The van der Waals surface area contributed by atoms with E-state index in [1.807, 2.05) is 21.6 Å². The highest BCUT2D eigenvalue weighted by molar-refractivity contribution is 8.76. The molecule has 0 aliphatic carbocycles. The number of carboxylic acid groups (broad SMARTS) is 2. The molecule has 0 fully saturated rings. The van der Waals surface area contributed by atoms with Gasteiger partial charge in [-0.25, -0.2) is 0 Å². The van der Waals surface area contributed by atoms with E-state index in [0.717, 1.165) is 50.0 Å². The van der Waals surface area contributed by atoms with Crippen LogP contribution in [0, 0.1) is 11.8 Å². The molecule has 4 nitrogen and oxygen atoms in total. The van der Waals surface area contributed by atoms with E-state index in [9.17, 15) is 9.59 Å². The zero-order chi connectivity index (χ0) is 15.4. The van der Waals surface area contributed by atoms with Crippen LogP contribution in [0.2, 0.25) is 0 Å². The highest BCUT2D eigenvalue weighted by Gasteiger charge is 2.10. The number of carboxylic acids is 2. The third kappa shape index (κ3) is 11.5. The van der Waals surface area contributed by atoms with E-state index in [0.29, 0.717) is 0 Å². The first-order chi connectivity index (χ1) is 9.45. The van der Waals surface area contributed by atoms with E-state index in [1.54, 1.807) is 13.8 Å². The lowest BCUT2D eigenvalue weighted by Crippen LogP contribution is -2.09. The molecule has 2 atom stereocenters. The molecule has 2 N–H and O–H groups in total. The van der Waals surface area contributed by atoms with Crippen molar-refractivity contribution in [3.63, 3.8) is 0 Å². The van der Waals surface area contributed by atoms with Crippen molar-refractivity contribution in [2.45, 2.75) is 52.4 Å². The summed E-state index contributed by atoms with van der Waals surface area (Å²) < 4.78 is 0. The van der Waals surface area contributed by atoms with Gasteiger partial charge >= 0.3 is 11.9 Å². The number of unbranched alkanes of at least 4 members (excludes halogenated alkanes) is 2. The van der Waals surface area contributed by atoms with Crippen LogP contribution >= 0.6 is 21.6 Å². The summed E-state index contributed by atoms with van der Waals surface area (Å²) in [5.41, 5.74) is 0. The van der Waals surface area contributed by atoms with E-state index in [2.05, 4.69) is 0 Å². The Labute approximate surface area is 129 Å². The minimum atomic E-state index is -0.706. The van der Waals surface area contributed by atoms with Crippen LogP contribution < -0.4 is 0 Å². The SMILES string of the molecule is CC(CCCCSSCCCCC(C)C(=O)O)C(=O)O. The second-order valence-corrected chi connectivity index (χ2v) is 7.82. The molecule has 20 heavy (non-hydrogen) atoms. The number of hydrogen-bond acceptors (Lipinski definition) is 4. The van der Waals surface area contributed by atoms with Gasteiger partial charge in [0.15, 0.2) is 0 Å². The van der Waals surface area contributed by atoms with E-state index in [-0.39, 0.29) is 11.8 Å². The molecule has 0 saturated heterocycles. The average Bonchev–Trinajstić information content (AvgIpc) is 2.39. The number of rotatable bonds is 13. The molecule has 0 radical (unpaired) electrons. The van der Waals surface area contributed by atoms with Crippen LogP contribution in [0.15, 0.2) is 0 Å². The van der Waals surface area contributed by atoms with Gasteiger partial charge in [-0.1, -0.05) is 48.3 Å². The molecule has 0 aliphatic rings. The maximum Gasteiger partial charge on any atom is 0.306 e. The molecule has 0 aromatic rings. The summed E-state index contributed by atoms with van der Waals surface area (Å²) in [6.45, 7) is 3.50. The minimum absolute atomic E-state index is 0.233. The molecular formula is C14H26O4S2. The lowest BCUT2D eigenvalue weighted by molar-refractivity contribution is -0.142.